The van der Waals surface area contributed by atoms with Gasteiger partial charge in [-0.1, -0.05) is 19.9 Å². The number of amides is 1. The summed E-state index contributed by atoms with van der Waals surface area (Å²) in [6, 6.07) is 11.1. The molecule has 0 fully saturated rings. The summed E-state index contributed by atoms with van der Waals surface area (Å²) in [5.41, 5.74) is 1.36. The Morgan fingerprint density at radius 1 is 0.923 bits per heavy atom. The van der Waals surface area contributed by atoms with Crippen molar-refractivity contribution in [3.8, 4) is 23.0 Å². The van der Waals surface area contributed by atoms with Gasteiger partial charge in [-0.05, 0) is 35.9 Å². The molecule has 1 amide bonds. The molecule has 26 heavy (non-hydrogen) atoms. The molecule has 4 rings (SSSR count). The topological polar surface area (TPSA) is 66.0 Å². The van der Waals surface area contributed by atoms with Gasteiger partial charge in [-0.25, -0.2) is 0 Å². The first-order chi connectivity index (χ1) is 12.5. The van der Waals surface area contributed by atoms with Crippen LogP contribution in [0.2, 0.25) is 0 Å². The van der Waals surface area contributed by atoms with Crippen molar-refractivity contribution in [2.24, 2.45) is 0 Å². The molecule has 0 saturated heterocycles. The van der Waals surface area contributed by atoms with Crippen LogP contribution in [0, 0.1) is 0 Å². The van der Waals surface area contributed by atoms with Gasteiger partial charge in [0, 0.05) is 17.5 Å². The van der Waals surface area contributed by atoms with Crippen molar-refractivity contribution >= 4 is 5.91 Å². The molecular weight excluding hydrogens is 334 g/mol. The maximum Gasteiger partial charge on any atom is 0.251 e. The quantitative estimate of drug-likeness (QED) is 0.914. The van der Waals surface area contributed by atoms with Crippen LogP contribution in [0.15, 0.2) is 36.4 Å². The summed E-state index contributed by atoms with van der Waals surface area (Å²) in [4.78, 5) is 12.5. The van der Waals surface area contributed by atoms with Crippen LogP contribution in [0.3, 0.4) is 0 Å². The van der Waals surface area contributed by atoms with Crippen LogP contribution in [0.5, 0.6) is 23.0 Å². The number of fused-ring (bicyclic) bond motifs is 2. The minimum atomic E-state index is -0.262. The molecule has 1 N–H and O–H groups in total. The van der Waals surface area contributed by atoms with Crippen molar-refractivity contribution in [1.29, 1.82) is 0 Å². The SMILES string of the molecule is CC(C)(CNC(=O)c1ccc2c(c1)OCO2)c1ccc2c(c1)OCCO2. The fourth-order valence-corrected chi connectivity index (χ4v) is 3.01. The van der Waals surface area contributed by atoms with Gasteiger partial charge < -0.3 is 24.3 Å². The van der Waals surface area contributed by atoms with E-state index in [2.05, 4.69) is 19.2 Å². The molecule has 2 heterocycles. The third-order valence-electron chi connectivity index (χ3n) is 4.65. The van der Waals surface area contributed by atoms with Gasteiger partial charge in [0.15, 0.2) is 23.0 Å². The fraction of sp³-hybridized carbons (Fsp3) is 0.350. The highest BCUT2D eigenvalue weighted by atomic mass is 16.7. The van der Waals surface area contributed by atoms with Crippen LogP contribution >= 0.6 is 0 Å². The Hall–Kier alpha value is -2.89. The zero-order chi connectivity index (χ0) is 18.1. The maximum atomic E-state index is 12.5. The van der Waals surface area contributed by atoms with Gasteiger partial charge >= 0.3 is 0 Å². The molecule has 0 saturated carbocycles. The molecule has 0 aliphatic carbocycles. The lowest BCUT2D eigenvalue weighted by Gasteiger charge is -2.28. The zero-order valence-corrected chi connectivity index (χ0v) is 14.8. The number of carbonyl (C=O) groups excluding carboxylic acids is 1. The number of ether oxygens (including phenoxy) is 4. The zero-order valence-electron chi connectivity index (χ0n) is 14.8. The van der Waals surface area contributed by atoms with Crippen LogP contribution in [0.4, 0.5) is 0 Å². The Kier molecular flexibility index (Phi) is 4.11. The summed E-state index contributed by atoms with van der Waals surface area (Å²) in [6.45, 7) is 5.97. The smallest absolute Gasteiger partial charge is 0.251 e. The van der Waals surface area contributed by atoms with E-state index in [-0.39, 0.29) is 18.1 Å². The Bertz CT molecular complexity index is 846. The fourth-order valence-electron chi connectivity index (χ4n) is 3.01. The van der Waals surface area contributed by atoms with Crippen LogP contribution in [-0.2, 0) is 5.41 Å². The highest BCUT2D eigenvalue weighted by Gasteiger charge is 2.25. The minimum absolute atomic E-state index is 0.145. The van der Waals surface area contributed by atoms with Crippen molar-refractivity contribution in [2.45, 2.75) is 19.3 Å². The Labute approximate surface area is 152 Å². The first-order valence-corrected chi connectivity index (χ1v) is 8.61. The van der Waals surface area contributed by atoms with Crippen molar-refractivity contribution < 1.29 is 23.7 Å². The number of nitrogens with one attached hydrogen (secondary N) is 1. The van der Waals surface area contributed by atoms with E-state index >= 15 is 0 Å². The molecule has 0 aromatic heterocycles. The molecular formula is C20H21NO5. The van der Waals surface area contributed by atoms with Crippen LogP contribution in [-0.4, -0.2) is 32.5 Å². The summed E-state index contributed by atoms with van der Waals surface area (Å²) in [6.07, 6.45) is 0. The average Bonchev–Trinajstić information content (AvgIpc) is 3.13. The van der Waals surface area contributed by atoms with E-state index in [1.165, 1.54) is 0 Å². The molecule has 2 aromatic carbocycles. The molecule has 0 bridgehead atoms. The summed E-state index contributed by atoms with van der Waals surface area (Å²) in [5, 5.41) is 3.00. The minimum Gasteiger partial charge on any atom is -0.486 e. The van der Waals surface area contributed by atoms with Crippen molar-refractivity contribution in [3.63, 3.8) is 0 Å². The molecule has 136 valence electrons. The lowest BCUT2D eigenvalue weighted by molar-refractivity contribution is 0.0945. The number of hydrogen-bond donors (Lipinski definition) is 1. The second-order valence-corrected chi connectivity index (χ2v) is 6.99. The molecule has 6 nitrogen and oxygen atoms in total. The predicted octanol–water partition coefficient (Wildman–Crippen LogP) is 2.89. The van der Waals surface area contributed by atoms with Gasteiger partial charge in [-0.15, -0.1) is 0 Å². The van der Waals surface area contributed by atoms with Gasteiger partial charge in [0.2, 0.25) is 6.79 Å². The number of rotatable bonds is 4. The average molecular weight is 355 g/mol. The number of carbonyl (C=O) groups is 1. The third kappa shape index (κ3) is 3.14. The van der Waals surface area contributed by atoms with E-state index in [4.69, 9.17) is 18.9 Å². The Morgan fingerprint density at radius 3 is 2.42 bits per heavy atom. The molecule has 0 spiro atoms. The molecule has 2 aromatic rings. The highest BCUT2D eigenvalue weighted by molar-refractivity contribution is 5.95. The summed E-state index contributed by atoms with van der Waals surface area (Å²) >= 11 is 0. The first kappa shape index (κ1) is 16.6. The van der Waals surface area contributed by atoms with Crippen molar-refractivity contribution in [2.75, 3.05) is 26.6 Å². The summed E-state index contributed by atoms with van der Waals surface area (Å²) in [7, 11) is 0. The van der Waals surface area contributed by atoms with Gasteiger partial charge in [0.25, 0.3) is 5.91 Å². The van der Waals surface area contributed by atoms with E-state index in [1.54, 1.807) is 18.2 Å². The van der Waals surface area contributed by atoms with Gasteiger partial charge in [0.1, 0.15) is 13.2 Å². The lowest BCUT2D eigenvalue weighted by atomic mass is 9.84. The Balaban J connectivity index is 1.45. The first-order valence-electron chi connectivity index (χ1n) is 8.61. The summed E-state index contributed by atoms with van der Waals surface area (Å²) in [5.74, 6) is 2.64. The number of benzene rings is 2. The molecule has 0 atom stereocenters. The highest BCUT2D eigenvalue weighted by Crippen LogP contribution is 2.35. The van der Waals surface area contributed by atoms with E-state index in [9.17, 15) is 4.79 Å². The van der Waals surface area contributed by atoms with Crippen molar-refractivity contribution in [1.82, 2.24) is 5.32 Å². The lowest BCUT2D eigenvalue weighted by Crippen LogP contribution is -2.36. The molecule has 2 aliphatic heterocycles. The monoisotopic (exact) mass is 355 g/mol. The van der Waals surface area contributed by atoms with Gasteiger partial charge in [-0.2, -0.15) is 0 Å². The van der Waals surface area contributed by atoms with Crippen LogP contribution in [0.25, 0.3) is 0 Å². The van der Waals surface area contributed by atoms with E-state index in [1.807, 2.05) is 18.2 Å². The van der Waals surface area contributed by atoms with E-state index in [0.717, 1.165) is 17.1 Å². The standard InChI is InChI=1S/C20H21NO5/c1-20(2,14-4-6-15-18(10-14)24-8-7-23-15)11-21-19(22)13-3-5-16-17(9-13)26-12-25-16/h3-6,9-10H,7-8,11-12H2,1-2H3,(H,21,22). The molecule has 0 radical (unpaired) electrons. The second kappa shape index (κ2) is 6.44. The second-order valence-electron chi connectivity index (χ2n) is 6.99. The molecule has 2 aliphatic rings. The van der Waals surface area contributed by atoms with E-state index < -0.39 is 0 Å². The normalized spacial score (nSPS) is 14.8. The Morgan fingerprint density at radius 2 is 1.58 bits per heavy atom. The van der Waals surface area contributed by atoms with Crippen LogP contribution < -0.4 is 24.3 Å². The van der Waals surface area contributed by atoms with Gasteiger partial charge in [0.05, 0.1) is 0 Å². The molecule has 6 heteroatoms. The largest absolute Gasteiger partial charge is 0.486 e. The third-order valence-corrected chi connectivity index (χ3v) is 4.65. The maximum absolute atomic E-state index is 12.5. The summed E-state index contributed by atoms with van der Waals surface area (Å²) < 4.78 is 21.8. The van der Waals surface area contributed by atoms with Crippen LogP contribution in [0.1, 0.15) is 29.8 Å². The number of hydrogen-bond acceptors (Lipinski definition) is 5. The van der Waals surface area contributed by atoms with E-state index in [0.29, 0.717) is 36.8 Å². The molecule has 0 unspecified atom stereocenters. The van der Waals surface area contributed by atoms with Crippen molar-refractivity contribution in [3.05, 3.63) is 47.5 Å². The predicted molar refractivity (Wildman–Crippen MR) is 95.4 cm³/mol. The van der Waals surface area contributed by atoms with Gasteiger partial charge in [-0.3, -0.25) is 4.79 Å².